The van der Waals surface area contributed by atoms with Gasteiger partial charge in [-0.1, -0.05) is 20.3 Å². The average molecular weight is 254 g/mol. The molecule has 1 rings (SSSR count). The van der Waals surface area contributed by atoms with E-state index in [-0.39, 0.29) is 11.7 Å². The van der Waals surface area contributed by atoms with Crippen molar-refractivity contribution in [1.82, 2.24) is 0 Å². The van der Waals surface area contributed by atoms with Crippen LogP contribution in [0.1, 0.15) is 30.6 Å². The molecule has 3 N–H and O–H groups in total. The number of anilines is 1. The van der Waals surface area contributed by atoms with Crippen molar-refractivity contribution in [2.45, 2.75) is 20.3 Å². The number of amides is 2. The number of carbonyl (C=O) groups excluding carboxylic acids is 2. The van der Waals surface area contributed by atoms with Crippen molar-refractivity contribution in [3.8, 4) is 0 Å². The van der Waals surface area contributed by atoms with E-state index in [2.05, 4.69) is 31.8 Å². The molecule has 1 aromatic carbocycles. The number of benzene rings is 1. The second kappa shape index (κ2) is 8.64. The molecule has 4 nitrogen and oxygen atoms in total. The summed E-state index contributed by atoms with van der Waals surface area (Å²) >= 11 is 3.81. The number of nitrogens with two attached hydrogens (primary N) is 1. The molecule has 17 heavy (non-hydrogen) atoms. The van der Waals surface area contributed by atoms with Crippen molar-refractivity contribution in [2.24, 2.45) is 5.73 Å². The molecular formula is C12H18N2O2S. The van der Waals surface area contributed by atoms with Gasteiger partial charge < -0.3 is 11.1 Å². The van der Waals surface area contributed by atoms with Crippen LogP contribution in [-0.4, -0.2) is 17.6 Å². The van der Waals surface area contributed by atoms with Gasteiger partial charge in [0.05, 0.1) is 5.75 Å². The highest BCUT2D eigenvalue weighted by Crippen LogP contribution is 2.08. The minimum absolute atomic E-state index is 0.123. The van der Waals surface area contributed by atoms with Crippen LogP contribution in [0.15, 0.2) is 24.3 Å². The van der Waals surface area contributed by atoms with Crippen molar-refractivity contribution >= 4 is 30.1 Å². The Bertz CT molecular complexity index is 363. The van der Waals surface area contributed by atoms with Crippen LogP contribution in [0.25, 0.3) is 0 Å². The van der Waals surface area contributed by atoms with Gasteiger partial charge in [0.1, 0.15) is 0 Å². The van der Waals surface area contributed by atoms with Gasteiger partial charge >= 0.3 is 0 Å². The molecule has 1 aromatic rings. The number of thiol groups is 1. The highest BCUT2D eigenvalue weighted by Gasteiger charge is 2.01. The molecule has 94 valence electrons. The number of rotatable bonds is 3. The molecule has 0 aliphatic carbocycles. The van der Waals surface area contributed by atoms with E-state index in [1.807, 2.05) is 0 Å². The molecule has 2 amide bonds. The maximum atomic E-state index is 10.9. The maximum absolute atomic E-state index is 10.9. The molecule has 0 saturated carbocycles. The van der Waals surface area contributed by atoms with E-state index >= 15 is 0 Å². The molecule has 0 aromatic heterocycles. The minimum Gasteiger partial charge on any atom is -0.366 e. The number of nitrogens with one attached hydrogen (secondary N) is 1. The molecule has 0 atom stereocenters. The topological polar surface area (TPSA) is 72.2 Å². The van der Waals surface area contributed by atoms with Crippen LogP contribution in [0.3, 0.4) is 0 Å². The zero-order chi connectivity index (χ0) is 13.3. The molecule has 5 heteroatoms. The van der Waals surface area contributed by atoms with Crippen LogP contribution >= 0.6 is 12.6 Å². The lowest BCUT2D eigenvalue weighted by Gasteiger charge is -2.03. The smallest absolute Gasteiger partial charge is 0.248 e. The van der Waals surface area contributed by atoms with Crippen LogP contribution in [0.2, 0.25) is 0 Å². The van der Waals surface area contributed by atoms with E-state index in [1.165, 1.54) is 6.42 Å². The Morgan fingerprint density at radius 3 is 2.06 bits per heavy atom. The van der Waals surface area contributed by atoms with Gasteiger partial charge in [0.15, 0.2) is 0 Å². The van der Waals surface area contributed by atoms with E-state index in [4.69, 9.17) is 5.73 Å². The van der Waals surface area contributed by atoms with E-state index in [1.54, 1.807) is 24.3 Å². The van der Waals surface area contributed by atoms with Gasteiger partial charge in [0.25, 0.3) is 0 Å². The lowest BCUT2D eigenvalue weighted by molar-refractivity contribution is -0.113. The SMILES string of the molecule is CCC.NC(=O)c1ccc(NC(=O)CS)cc1. The Balaban J connectivity index is 0.000000770. The van der Waals surface area contributed by atoms with Gasteiger partial charge in [-0.25, -0.2) is 0 Å². The fourth-order valence-corrected chi connectivity index (χ4v) is 0.997. The first-order valence-electron chi connectivity index (χ1n) is 5.35. The first-order valence-corrected chi connectivity index (χ1v) is 5.98. The summed E-state index contributed by atoms with van der Waals surface area (Å²) in [6, 6.07) is 6.33. The molecule has 0 heterocycles. The van der Waals surface area contributed by atoms with E-state index in [9.17, 15) is 9.59 Å². The Hall–Kier alpha value is -1.49. The molecule has 0 spiro atoms. The van der Waals surface area contributed by atoms with E-state index in [0.717, 1.165) is 0 Å². The fraction of sp³-hybridized carbons (Fsp3) is 0.333. The third kappa shape index (κ3) is 6.63. The summed E-state index contributed by atoms with van der Waals surface area (Å²) in [5, 5.41) is 2.59. The fourth-order valence-electron chi connectivity index (χ4n) is 0.918. The lowest BCUT2D eigenvalue weighted by Crippen LogP contribution is -2.13. The van der Waals surface area contributed by atoms with Crippen molar-refractivity contribution in [3.05, 3.63) is 29.8 Å². The van der Waals surface area contributed by atoms with Gasteiger partial charge in [-0.05, 0) is 24.3 Å². The summed E-state index contributed by atoms with van der Waals surface area (Å²) in [4.78, 5) is 21.6. The van der Waals surface area contributed by atoms with Crippen LogP contribution in [-0.2, 0) is 4.79 Å². The molecule has 0 radical (unpaired) electrons. The molecule has 0 unspecified atom stereocenters. The third-order valence-electron chi connectivity index (χ3n) is 1.60. The largest absolute Gasteiger partial charge is 0.366 e. The average Bonchev–Trinajstić information content (AvgIpc) is 2.30. The number of hydrogen-bond donors (Lipinski definition) is 3. The number of carbonyl (C=O) groups is 2. The molecule has 0 saturated heterocycles. The molecule has 0 aliphatic heterocycles. The van der Waals surface area contributed by atoms with Crippen LogP contribution in [0, 0.1) is 0 Å². The Kier molecular flexibility index (Phi) is 7.88. The quantitative estimate of drug-likeness (QED) is 0.722. The van der Waals surface area contributed by atoms with Crippen LogP contribution in [0.5, 0.6) is 0 Å². The third-order valence-corrected chi connectivity index (χ3v) is 1.88. The van der Waals surface area contributed by atoms with Crippen molar-refractivity contribution in [1.29, 1.82) is 0 Å². The maximum Gasteiger partial charge on any atom is 0.248 e. The zero-order valence-corrected chi connectivity index (χ0v) is 11.0. The second-order valence-electron chi connectivity index (χ2n) is 3.35. The van der Waals surface area contributed by atoms with Gasteiger partial charge in [-0.3, -0.25) is 9.59 Å². The van der Waals surface area contributed by atoms with E-state index < -0.39 is 5.91 Å². The highest BCUT2D eigenvalue weighted by molar-refractivity contribution is 7.81. The van der Waals surface area contributed by atoms with Crippen molar-refractivity contribution in [2.75, 3.05) is 11.1 Å². The lowest BCUT2D eigenvalue weighted by atomic mass is 10.2. The molecular weight excluding hydrogens is 236 g/mol. The van der Waals surface area contributed by atoms with Gasteiger partial charge in [-0.15, -0.1) is 0 Å². The van der Waals surface area contributed by atoms with Crippen molar-refractivity contribution < 1.29 is 9.59 Å². The van der Waals surface area contributed by atoms with Gasteiger partial charge in [-0.2, -0.15) is 12.6 Å². The molecule has 0 bridgehead atoms. The summed E-state index contributed by atoms with van der Waals surface area (Å²) in [5.41, 5.74) is 6.08. The Morgan fingerprint density at radius 2 is 1.71 bits per heavy atom. The standard InChI is InChI=1S/C9H10N2O2S.C3H8/c10-9(13)6-1-3-7(4-2-6)11-8(12)5-14;1-3-2/h1-4,14H,5H2,(H2,10,13)(H,11,12);3H2,1-2H3. The summed E-state index contributed by atoms with van der Waals surface area (Å²) in [6.45, 7) is 4.25. The first-order chi connectivity index (χ1) is 8.04. The normalized spacial score (nSPS) is 8.88. The van der Waals surface area contributed by atoms with Gasteiger partial charge in [0, 0.05) is 11.3 Å². The predicted octanol–water partition coefficient (Wildman–Crippen LogP) is 2.07. The summed E-state index contributed by atoms with van der Waals surface area (Å²) in [6.07, 6.45) is 1.25. The summed E-state index contributed by atoms with van der Waals surface area (Å²) < 4.78 is 0. The van der Waals surface area contributed by atoms with Crippen LogP contribution in [0.4, 0.5) is 5.69 Å². The monoisotopic (exact) mass is 254 g/mol. The summed E-state index contributed by atoms with van der Waals surface area (Å²) in [5.74, 6) is -0.561. The molecule has 0 aliphatic rings. The predicted molar refractivity (Wildman–Crippen MR) is 73.4 cm³/mol. The first kappa shape index (κ1) is 15.5. The summed E-state index contributed by atoms with van der Waals surface area (Å²) in [7, 11) is 0. The highest BCUT2D eigenvalue weighted by atomic mass is 32.1. The van der Waals surface area contributed by atoms with E-state index in [0.29, 0.717) is 11.3 Å². The zero-order valence-electron chi connectivity index (χ0n) is 10.1. The van der Waals surface area contributed by atoms with Gasteiger partial charge in [0.2, 0.25) is 11.8 Å². The number of hydrogen-bond acceptors (Lipinski definition) is 3. The van der Waals surface area contributed by atoms with Crippen LogP contribution < -0.4 is 11.1 Å². The Labute approximate surface area is 107 Å². The molecule has 0 fully saturated rings. The second-order valence-corrected chi connectivity index (χ2v) is 3.67. The number of primary amides is 1. The minimum atomic E-state index is -0.489. The van der Waals surface area contributed by atoms with Crippen molar-refractivity contribution in [3.63, 3.8) is 0 Å². The Morgan fingerprint density at radius 1 is 1.24 bits per heavy atom.